The fraction of sp³-hybridized carbons (Fsp3) is 0.724. The number of hydrogen-bond acceptors (Lipinski definition) is 10. The zero-order chi connectivity index (χ0) is 38.1. The number of carboxylic acid groups (broad SMARTS) is 4. The summed E-state index contributed by atoms with van der Waals surface area (Å²) in [6.45, 7) is 1.80. The smallest absolute Gasteiger partial charge is 0.403 e. The first-order chi connectivity index (χ1) is 23.5. The Labute approximate surface area is 289 Å². The minimum atomic E-state index is -4.98. The average molecular weight is 740 g/mol. The molecule has 286 valence electrons. The Morgan fingerprint density at radius 1 is 0.580 bits per heavy atom. The van der Waals surface area contributed by atoms with E-state index in [1.54, 1.807) is 5.09 Å². The molecule has 50 heavy (non-hydrogen) atoms. The molecule has 0 aromatic rings. The van der Waals surface area contributed by atoms with Crippen molar-refractivity contribution in [2.24, 2.45) is 0 Å². The van der Waals surface area contributed by atoms with Gasteiger partial charge in [0.1, 0.15) is 12.1 Å². The monoisotopic (exact) mass is 739 g/mol. The number of hydrogen-bond donors (Lipinski definition) is 10. The van der Waals surface area contributed by atoms with Gasteiger partial charge in [-0.05, 0) is 44.9 Å². The van der Waals surface area contributed by atoms with Gasteiger partial charge < -0.3 is 46.6 Å². The van der Waals surface area contributed by atoms with E-state index in [9.17, 15) is 58.0 Å². The summed E-state index contributed by atoms with van der Waals surface area (Å²) in [5.41, 5.74) is 0. The van der Waals surface area contributed by atoms with E-state index in [0.29, 0.717) is 51.6 Å². The van der Waals surface area contributed by atoms with Gasteiger partial charge in [0.15, 0.2) is 6.04 Å². The van der Waals surface area contributed by atoms with Crippen molar-refractivity contribution in [2.45, 2.75) is 115 Å². The fourth-order valence-electron chi connectivity index (χ4n) is 4.20. The largest absolute Gasteiger partial charge is 0.481 e. The summed E-state index contributed by atoms with van der Waals surface area (Å²) in [5.74, 6) is -7.86. The van der Waals surface area contributed by atoms with Crippen molar-refractivity contribution < 1.29 is 72.8 Å². The van der Waals surface area contributed by atoms with Crippen LogP contribution in [-0.4, -0.2) is 111 Å². The van der Waals surface area contributed by atoms with Gasteiger partial charge in [0, 0.05) is 45.2 Å². The summed E-state index contributed by atoms with van der Waals surface area (Å²) in [6.07, 6.45) is 3.21. The van der Waals surface area contributed by atoms with Gasteiger partial charge in [0.25, 0.3) is 0 Å². The number of carbonyl (C=O) groups is 8. The first-order valence-electron chi connectivity index (χ1n) is 16.2. The van der Waals surface area contributed by atoms with Crippen molar-refractivity contribution in [1.29, 1.82) is 0 Å². The molecule has 0 spiro atoms. The minimum absolute atomic E-state index is 0.0214. The fourth-order valence-corrected chi connectivity index (χ4v) is 5.25. The highest BCUT2D eigenvalue weighted by Crippen LogP contribution is 2.38. The summed E-state index contributed by atoms with van der Waals surface area (Å²) in [5, 5.41) is 48.1. The highest BCUT2D eigenvalue weighted by Gasteiger charge is 2.32. The van der Waals surface area contributed by atoms with Crippen LogP contribution in [0.25, 0.3) is 0 Å². The lowest BCUT2D eigenvalue weighted by Gasteiger charge is -2.21. The maximum atomic E-state index is 12.3. The number of amides is 4. The second kappa shape index (κ2) is 25.8. The van der Waals surface area contributed by atoms with Crippen LogP contribution in [-0.2, 0) is 47.4 Å². The quantitative estimate of drug-likeness (QED) is 0.0344. The van der Waals surface area contributed by atoms with Crippen LogP contribution >= 0.6 is 7.75 Å². The van der Waals surface area contributed by atoms with Crippen molar-refractivity contribution in [3.63, 3.8) is 0 Å². The number of rotatable bonds is 30. The number of carbonyl (C=O) groups excluding carboxylic acids is 4. The Hall–Kier alpha value is -4.13. The topological polar surface area (TPSA) is 324 Å². The molecular weight excluding hydrogens is 689 g/mol. The summed E-state index contributed by atoms with van der Waals surface area (Å²) >= 11 is 0. The Bertz CT molecular complexity index is 1200. The lowest BCUT2D eigenvalue weighted by atomic mass is 10.1. The molecule has 21 heteroatoms. The number of unbranched alkanes of at least 4 members (excludes halogenated alkanes) is 4. The van der Waals surface area contributed by atoms with E-state index in [0.717, 1.165) is 19.3 Å². The van der Waals surface area contributed by atoms with Crippen LogP contribution in [0.15, 0.2) is 0 Å². The standard InChI is InChI=1S/C29H50N5O15P/c1-2-9-22(35)30-16-7-3-5-10-23(36)31-17-8-4-6-11-24(37)32-19(27(41)42)12-14-25(38)33-21(29(45)46)18-49-50(47,48)34-20(28(43)44)13-15-26(39)40/h19-21H,2-18H2,1H3,(H,30,35)(H,31,36)(H,32,37)(H,33,38)(H,39,40)(H,41,42)(H,43,44)(H,45,46)(H2,34,47,48)/t19-,20-,21-/m0/s1. The maximum absolute atomic E-state index is 12.3. The predicted molar refractivity (Wildman–Crippen MR) is 173 cm³/mol. The molecule has 0 radical (unpaired) electrons. The normalized spacial score (nSPS) is 13.9. The predicted octanol–water partition coefficient (Wildman–Crippen LogP) is 0.0833. The summed E-state index contributed by atoms with van der Waals surface area (Å²) in [6, 6.07) is -5.22. The van der Waals surface area contributed by atoms with Gasteiger partial charge >= 0.3 is 31.6 Å². The van der Waals surface area contributed by atoms with Crippen LogP contribution in [0.5, 0.6) is 0 Å². The van der Waals surface area contributed by atoms with Crippen LogP contribution in [0.3, 0.4) is 0 Å². The zero-order valence-electron chi connectivity index (χ0n) is 28.0. The molecule has 4 amide bonds. The van der Waals surface area contributed by atoms with E-state index < -0.39 is 93.9 Å². The molecule has 0 aliphatic carbocycles. The van der Waals surface area contributed by atoms with Crippen LogP contribution in [0.1, 0.15) is 96.8 Å². The first kappa shape index (κ1) is 45.9. The average Bonchev–Trinajstić information content (AvgIpc) is 3.02. The number of nitrogens with one attached hydrogen (secondary N) is 5. The second-order valence-corrected chi connectivity index (χ2v) is 12.9. The molecule has 0 heterocycles. The van der Waals surface area contributed by atoms with Crippen molar-refractivity contribution in [3.8, 4) is 0 Å². The third kappa shape index (κ3) is 24.1. The molecule has 1 unspecified atom stereocenters. The lowest BCUT2D eigenvalue weighted by Crippen LogP contribution is -2.46. The van der Waals surface area contributed by atoms with Crippen LogP contribution in [0.4, 0.5) is 0 Å². The van der Waals surface area contributed by atoms with Crippen LogP contribution in [0.2, 0.25) is 0 Å². The first-order valence-corrected chi connectivity index (χ1v) is 17.8. The van der Waals surface area contributed by atoms with Gasteiger partial charge in [-0.15, -0.1) is 0 Å². The molecule has 4 atom stereocenters. The highest BCUT2D eigenvalue weighted by molar-refractivity contribution is 7.50. The molecular formula is C29H50N5O15P. The molecule has 0 aromatic carbocycles. The molecule has 0 saturated heterocycles. The molecule has 0 rings (SSSR count). The van der Waals surface area contributed by atoms with Gasteiger partial charge in [-0.1, -0.05) is 19.8 Å². The third-order valence-corrected chi connectivity index (χ3v) is 8.03. The van der Waals surface area contributed by atoms with Crippen molar-refractivity contribution in [3.05, 3.63) is 0 Å². The van der Waals surface area contributed by atoms with Crippen LogP contribution in [0, 0.1) is 0 Å². The Morgan fingerprint density at radius 2 is 1.04 bits per heavy atom. The molecule has 0 fully saturated rings. The lowest BCUT2D eigenvalue weighted by molar-refractivity contribution is -0.144. The van der Waals surface area contributed by atoms with Gasteiger partial charge in [-0.3, -0.25) is 33.3 Å². The highest BCUT2D eigenvalue weighted by atomic mass is 31.2. The van der Waals surface area contributed by atoms with Gasteiger partial charge in [-0.2, -0.15) is 0 Å². The van der Waals surface area contributed by atoms with Gasteiger partial charge in [-0.25, -0.2) is 19.2 Å². The minimum Gasteiger partial charge on any atom is -0.481 e. The summed E-state index contributed by atoms with van der Waals surface area (Å²) < 4.78 is 16.8. The molecule has 0 saturated carbocycles. The van der Waals surface area contributed by atoms with E-state index in [-0.39, 0.29) is 18.2 Å². The van der Waals surface area contributed by atoms with E-state index in [1.165, 1.54) is 0 Å². The van der Waals surface area contributed by atoms with E-state index in [2.05, 4.69) is 20.5 Å². The molecule has 0 bridgehead atoms. The molecule has 0 aliphatic rings. The van der Waals surface area contributed by atoms with Crippen molar-refractivity contribution in [2.75, 3.05) is 19.7 Å². The maximum Gasteiger partial charge on any atom is 0.403 e. The Morgan fingerprint density at radius 3 is 1.54 bits per heavy atom. The summed E-state index contributed by atoms with van der Waals surface area (Å²) in [7, 11) is -4.98. The molecule has 20 nitrogen and oxygen atoms in total. The summed E-state index contributed by atoms with van der Waals surface area (Å²) in [4.78, 5) is 103. The van der Waals surface area contributed by atoms with Crippen LogP contribution < -0.4 is 26.4 Å². The number of aliphatic carboxylic acids is 4. The molecule has 0 aliphatic heterocycles. The van der Waals surface area contributed by atoms with E-state index in [4.69, 9.17) is 10.2 Å². The third-order valence-electron chi connectivity index (χ3n) is 6.89. The molecule has 0 aromatic heterocycles. The van der Waals surface area contributed by atoms with Crippen molar-refractivity contribution >= 4 is 55.3 Å². The second-order valence-electron chi connectivity index (χ2n) is 11.3. The van der Waals surface area contributed by atoms with Gasteiger partial charge in [0.05, 0.1) is 6.61 Å². The van der Waals surface area contributed by atoms with E-state index in [1.807, 2.05) is 12.2 Å². The Balaban J connectivity index is 4.46. The SMILES string of the molecule is CCCC(=O)NCCCCCC(=O)NCCCCCC(=O)N[C@@H](CCC(=O)N[C@@H](COP(=O)(O)N[C@@H](CCC(=O)O)C(=O)O)C(=O)O)C(=O)O. The molecule has 10 N–H and O–H groups in total. The van der Waals surface area contributed by atoms with Crippen molar-refractivity contribution in [1.82, 2.24) is 26.4 Å². The Kier molecular flexibility index (Phi) is 23.7. The number of carboxylic acids is 4. The zero-order valence-corrected chi connectivity index (χ0v) is 28.9. The van der Waals surface area contributed by atoms with Gasteiger partial charge in [0.2, 0.25) is 23.6 Å². The van der Waals surface area contributed by atoms with E-state index >= 15 is 0 Å².